The van der Waals surface area contributed by atoms with Crippen LogP contribution in [0.15, 0.2) is 190 Å². The minimum absolute atomic E-state index is 0.0202. The Labute approximate surface area is 863 Å². The highest BCUT2D eigenvalue weighted by Crippen LogP contribution is 2.47. The summed E-state index contributed by atoms with van der Waals surface area (Å²) in [4.78, 5) is 139. The molecule has 0 spiro atoms. The van der Waals surface area contributed by atoms with Gasteiger partial charge in [0.15, 0.2) is 43.4 Å². The number of carboxylic acid groups (broad SMARTS) is 4. The molecule has 32 nitrogen and oxygen atoms in total. The molecule has 0 aliphatic carbocycles. The smallest absolute Gasteiger partial charge is 0.338 e. The monoisotopic (exact) mass is 2190 g/mol. The van der Waals surface area contributed by atoms with E-state index in [1.54, 1.807) is 91.3 Å². The van der Waals surface area contributed by atoms with Gasteiger partial charge in [0.25, 0.3) is 23.7 Å². The summed E-state index contributed by atoms with van der Waals surface area (Å²) >= 11 is 30.6. The molecule has 8 aliphatic heterocycles. The van der Waals surface area contributed by atoms with Crippen LogP contribution in [0, 0.1) is 17.5 Å². The molecule has 0 radical (unpaired) electrons. The van der Waals surface area contributed by atoms with Crippen LogP contribution in [0.5, 0.6) is 0 Å². The first-order valence-corrected chi connectivity index (χ1v) is 50.4. The van der Waals surface area contributed by atoms with Gasteiger partial charge in [-0.1, -0.05) is 82.8 Å². The van der Waals surface area contributed by atoms with Crippen molar-refractivity contribution in [3.8, 4) is 0 Å². The average molecular weight is 2200 g/mol. The molecule has 8 aliphatic rings. The normalized spacial score (nSPS) is 21.6. The quantitative estimate of drug-likeness (QED) is 0.0104. The second-order valence-corrected chi connectivity index (χ2v) is 39.5. The van der Waals surface area contributed by atoms with Gasteiger partial charge in [0.2, 0.25) is 0 Å². The minimum Gasteiger partial charge on any atom is -0.481 e. The number of carboxylic acids is 4. The van der Waals surface area contributed by atoms with Crippen molar-refractivity contribution in [2.75, 3.05) is 79.3 Å². The number of nitrogens with zero attached hydrogens (tertiary/aromatic N) is 12. The standard InChI is InChI=1S/2C24H24ClF3N4O4S.C24H25ClF2N4O4S.C23H22ClF3N4O4S/c2*1-2-36-23(35)19-17(11-32-12-24(27,28)10-14(32)4-6-18(33)34)30-21(22-29-7-8-37-22)31-20(19)15-5-3-13(26)9-16(15)25;1-2-35-23(34)19-17(12-31-13-24(26,27)11-14(31)7-8-18(32)33)29-21(22-28-9-10-36-22)30-20(19)15-5-3-4-6-16(15)25;1-35-22(34)18-16(10-31-11-23(26,27)9-13(31)3-5-17(32)33)29-20(21-28-6-7-36-21)30-19(18)14-4-2-12(25)8-15(14)24/h2*3,5,7-9,14,20H,2,4,6,10-12H2,1H3,(H,30,31)(H,33,34);3-6,9-10,14,20H,2,7-8,11-13H2,1H3,(H,29,30)(H,32,33);2,4,6-8,13,19H,3,5,9-11H2,1H3,(H,29,30)(H,32,33)/t14-,20+;14-,20-;14-,20+;13-,19-/m1010/s1. The third-order valence-corrected chi connectivity index (χ3v) is 28.5. The van der Waals surface area contributed by atoms with Crippen LogP contribution < -0.4 is 21.3 Å². The van der Waals surface area contributed by atoms with E-state index in [1.165, 1.54) is 108 Å². The summed E-state index contributed by atoms with van der Waals surface area (Å²) in [6, 6.07) is 11.3. The summed E-state index contributed by atoms with van der Waals surface area (Å²) < 4.78 is 178. The summed E-state index contributed by atoms with van der Waals surface area (Å²) in [7, 11) is 1.18. The SMILES string of the molecule is CCOC(=O)C1=C(CN2CC(F)(F)C[C@@H]2CCC(=O)O)NC(c2nccs2)=N[C@H]1c1ccc(F)cc1Cl.CCOC(=O)C1=C(CN2CC(F)(F)C[C@H]2CCC(=O)O)NC(c2nccs2)=N[C@H]1c1ccc(F)cc1Cl.CCOC(=O)C1=C(CN2CC(F)(F)C[C@H]2CCC(=O)O)NC(c2nccs2)=N[C@H]1c1ccccc1Cl.COC(=O)C1=C(CN2CC(F)(F)C[C@@H]2CCC(=O)O)NC(c2nccs2)=N[C@H]1c1ccc(F)cc1Cl. The highest BCUT2D eigenvalue weighted by molar-refractivity contribution is 7.12. The molecule has 0 amide bonds. The van der Waals surface area contributed by atoms with Crippen LogP contribution in [0.4, 0.5) is 48.3 Å². The Morgan fingerprint density at radius 1 is 0.370 bits per heavy atom. The lowest BCUT2D eigenvalue weighted by Gasteiger charge is -2.31. The average Bonchev–Trinajstić information content (AvgIpc) is 1.27. The van der Waals surface area contributed by atoms with E-state index in [0.717, 1.165) is 18.2 Å². The van der Waals surface area contributed by atoms with E-state index >= 15 is 0 Å². The highest BCUT2D eigenvalue weighted by atomic mass is 35.5. The fourth-order valence-electron chi connectivity index (χ4n) is 17.9. The number of aromatic nitrogens is 4. The Balaban J connectivity index is 0.000000163. The highest BCUT2D eigenvalue weighted by Gasteiger charge is 2.52. The van der Waals surface area contributed by atoms with Gasteiger partial charge in [0.1, 0.15) is 41.6 Å². The molecule has 4 aromatic carbocycles. The van der Waals surface area contributed by atoms with Gasteiger partial charge >= 0.3 is 47.8 Å². The van der Waals surface area contributed by atoms with Crippen molar-refractivity contribution >= 4 is 163 Å². The van der Waals surface area contributed by atoms with Crippen LogP contribution in [-0.4, -0.2) is 258 Å². The zero-order valence-electron chi connectivity index (χ0n) is 77.9. The number of likely N-dealkylation sites (tertiary alicyclic amines) is 4. The van der Waals surface area contributed by atoms with Crippen LogP contribution >= 0.6 is 91.8 Å². The predicted octanol–water partition coefficient (Wildman–Crippen LogP) is 17.1. The molecule has 8 N–H and O–H groups in total. The number of aliphatic imine (C=N–C) groups is 4. The number of hydrogen-bond acceptors (Lipinski definition) is 32. The van der Waals surface area contributed by atoms with Crippen LogP contribution in [-0.2, 0) is 57.3 Å². The third-order valence-electron chi connectivity index (χ3n) is 24.1. The Bertz CT molecular complexity index is 6200. The largest absolute Gasteiger partial charge is 0.481 e. The van der Waals surface area contributed by atoms with Crippen LogP contribution in [0.3, 0.4) is 0 Å². The number of thiazole rings is 4. The zero-order chi connectivity index (χ0) is 105. The number of carbonyl (C=O) groups excluding carboxylic acids is 4. The molecule has 780 valence electrons. The zero-order valence-corrected chi connectivity index (χ0v) is 84.2. The van der Waals surface area contributed by atoms with Crippen molar-refractivity contribution in [1.82, 2.24) is 60.8 Å². The molecule has 4 fully saturated rings. The maximum absolute atomic E-state index is 14.4. The van der Waals surface area contributed by atoms with Crippen molar-refractivity contribution in [3.63, 3.8) is 0 Å². The van der Waals surface area contributed by atoms with Crippen LogP contribution in [0.25, 0.3) is 0 Å². The second kappa shape index (κ2) is 49.4. The number of hydrogen-bond donors (Lipinski definition) is 8. The van der Waals surface area contributed by atoms with E-state index in [0.29, 0.717) is 58.8 Å². The maximum Gasteiger partial charge on any atom is 0.338 e. The fraction of sp³-hybridized carbons (Fsp3) is 0.411. The molecule has 4 aromatic heterocycles. The van der Waals surface area contributed by atoms with Crippen molar-refractivity contribution in [1.29, 1.82) is 0 Å². The van der Waals surface area contributed by atoms with E-state index in [2.05, 4.69) is 56.2 Å². The number of nitrogens with one attached hydrogen (secondary N) is 4. The molecule has 8 atom stereocenters. The number of benzene rings is 4. The molecule has 0 saturated carbocycles. The lowest BCUT2D eigenvalue weighted by Crippen LogP contribution is -2.41. The van der Waals surface area contributed by atoms with Crippen molar-refractivity contribution in [2.24, 2.45) is 20.0 Å². The number of methoxy groups -OCH3 is 1. The lowest BCUT2D eigenvalue weighted by molar-refractivity contribution is -0.139. The topological polar surface area (TPSA) is 416 Å². The van der Waals surface area contributed by atoms with Crippen molar-refractivity contribution in [3.05, 3.63) is 250 Å². The van der Waals surface area contributed by atoms with E-state index in [1.807, 2.05) is 0 Å². The molecule has 16 rings (SSSR count). The van der Waals surface area contributed by atoms with Gasteiger partial charge in [-0.25, -0.2) is 87.4 Å². The number of rotatable bonds is 35. The summed E-state index contributed by atoms with van der Waals surface area (Å²) in [6.45, 7) is 2.30. The van der Waals surface area contributed by atoms with Gasteiger partial charge in [0, 0.05) is 213 Å². The predicted molar refractivity (Wildman–Crippen MR) is 521 cm³/mol. The number of esters is 4. The molecule has 51 heteroatoms. The van der Waals surface area contributed by atoms with Gasteiger partial charge in [-0.3, -0.25) is 58.7 Å². The number of alkyl halides is 8. The van der Waals surface area contributed by atoms with Crippen LogP contribution in [0.2, 0.25) is 20.1 Å². The summed E-state index contributed by atoms with van der Waals surface area (Å²) in [6.07, 6.45) is 3.44. The third kappa shape index (κ3) is 28.8. The first kappa shape index (κ1) is 111. The first-order chi connectivity index (χ1) is 69.4. The number of aliphatic carboxylic acids is 4. The first-order valence-electron chi connectivity index (χ1n) is 45.4. The maximum atomic E-state index is 14.4. The second-order valence-electron chi connectivity index (χ2n) is 34.3. The molecular weight excluding hydrogens is 2100 g/mol. The van der Waals surface area contributed by atoms with Gasteiger partial charge in [-0.15, -0.1) is 45.3 Å². The lowest BCUT2D eigenvalue weighted by atomic mass is 9.95. The number of ether oxygens (including phenoxy) is 4. The molecule has 4 saturated heterocycles. The van der Waals surface area contributed by atoms with Crippen molar-refractivity contribution in [2.45, 2.75) is 170 Å². The summed E-state index contributed by atoms with van der Waals surface area (Å²) in [5, 5.41) is 58.1. The molecule has 8 aromatic rings. The van der Waals surface area contributed by atoms with Gasteiger partial charge in [-0.2, -0.15) is 0 Å². The number of halogens is 15. The van der Waals surface area contributed by atoms with Crippen molar-refractivity contribution < 1.29 is 126 Å². The number of amidine groups is 4. The fourth-order valence-corrected chi connectivity index (χ4v) is 21.3. The summed E-state index contributed by atoms with van der Waals surface area (Å²) in [5.74, 6) is -19.7. The van der Waals surface area contributed by atoms with E-state index < -0.39 is 189 Å². The van der Waals surface area contributed by atoms with Gasteiger partial charge < -0.3 is 60.6 Å². The van der Waals surface area contributed by atoms with E-state index in [4.69, 9.17) is 90.8 Å². The summed E-state index contributed by atoms with van der Waals surface area (Å²) in [5.41, 5.74) is 2.90. The van der Waals surface area contributed by atoms with Gasteiger partial charge in [0.05, 0.1) is 75.4 Å². The Kier molecular flexibility index (Phi) is 37.7. The van der Waals surface area contributed by atoms with Gasteiger partial charge in [-0.05, 0) is 88.9 Å². The number of carbonyl (C=O) groups is 8. The minimum atomic E-state index is -3.02. The Hall–Kier alpha value is -11.8. The van der Waals surface area contributed by atoms with Crippen LogP contribution in [0.1, 0.15) is 164 Å². The molecular formula is C95H95Cl4F11N16O16S4. The van der Waals surface area contributed by atoms with E-state index in [9.17, 15) is 86.7 Å². The molecule has 0 unspecified atom stereocenters. The Morgan fingerprint density at radius 3 is 0.822 bits per heavy atom. The molecule has 146 heavy (non-hydrogen) atoms. The Morgan fingerprint density at radius 2 is 0.610 bits per heavy atom. The van der Waals surface area contributed by atoms with E-state index in [-0.39, 0.29) is 169 Å². The molecule has 12 heterocycles. The molecule has 0 bridgehead atoms.